The molecule has 2 atom stereocenters. The monoisotopic (exact) mass is 430 g/mol. The summed E-state index contributed by atoms with van der Waals surface area (Å²) < 4.78 is 12.3. The van der Waals surface area contributed by atoms with Crippen LogP contribution in [0.15, 0.2) is 53.0 Å². The normalized spacial score (nSPS) is 21.2. The largest absolute Gasteiger partial charge is 0.486 e. The Bertz CT molecular complexity index is 873. The van der Waals surface area contributed by atoms with Crippen LogP contribution in [0.25, 0.3) is 0 Å². The standard InChI is InChI=1S/C20H19BrN2O4/c21-15-5-1-2-6-16(15)23-11-13(9-19(23)24)20(25)22-10-14-12-26-17-7-3-4-8-18(17)27-14/h1-8,13-14H,9-12H2,(H,22,25). The summed E-state index contributed by atoms with van der Waals surface area (Å²) in [5.74, 6) is 0.833. The molecule has 2 unspecified atom stereocenters. The van der Waals surface area contributed by atoms with Gasteiger partial charge in [0, 0.05) is 17.4 Å². The van der Waals surface area contributed by atoms with E-state index >= 15 is 0 Å². The van der Waals surface area contributed by atoms with Gasteiger partial charge in [-0.2, -0.15) is 0 Å². The van der Waals surface area contributed by atoms with Crippen LogP contribution in [0.3, 0.4) is 0 Å². The van der Waals surface area contributed by atoms with Gasteiger partial charge in [0.15, 0.2) is 11.5 Å². The van der Waals surface area contributed by atoms with Gasteiger partial charge in [-0.25, -0.2) is 0 Å². The highest BCUT2D eigenvalue weighted by atomic mass is 79.9. The number of hydrogen-bond donors (Lipinski definition) is 1. The lowest BCUT2D eigenvalue weighted by atomic mass is 10.1. The number of anilines is 1. The smallest absolute Gasteiger partial charge is 0.227 e. The molecule has 1 fully saturated rings. The molecule has 6 nitrogen and oxygen atoms in total. The van der Waals surface area contributed by atoms with E-state index in [1.165, 1.54) is 0 Å². The number of para-hydroxylation sites is 3. The first-order valence-corrected chi connectivity index (χ1v) is 9.62. The maximum absolute atomic E-state index is 12.5. The van der Waals surface area contributed by atoms with Crippen LogP contribution < -0.4 is 19.7 Å². The van der Waals surface area contributed by atoms with Gasteiger partial charge in [-0.3, -0.25) is 9.59 Å². The summed E-state index contributed by atoms with van der Waals surface area (Å²) in [5, 5.41) is 2.90. The number of halogens is 1. The SMILES string of the molecule is O=C(NCC1COc2ccccc2O1)C1CC(=O)N(c2ccccc2Br)C1. The summed E-state index contributed by atoms with van der Waals surface area (Å²) in [7, 11) is 0. The van der Waals surface area contributed by atoms with Crippen molar-refractivity contribution in [1.82, 2.24) is 5.32 Å². The van der Waals surface area contributed by atoms with E-state index < -0.39 is 0 Å². The molecule has 0 radical (unpaired) electrons. The third-order valence-electron chi connectivity index (χ3n) is 4.71. The van der Waals surface area contributed by atoms with E-state index in [1.807, 2.05) is 48.5 Å². The Labute approximate surface area is 165 Å². The third kappa shape index (κ3) is 3.78. The minimum absolute atomic E-state index is 0.0479. The van der Waals surface area contributed by atoms with E-state index in [0.717, 1.165) is 10.2 Å². The fourth-order valence-electron chi connectivity index (χ4n) is 3.31. The molecule has 27 heavy (non-hydrogen) atoms. The molecular formula is C20H19BrN2O4. The second kappa shape index (κ2) is 7.60. The minimum atomic E-state index is -0.374. The predicted octanol–water partition coefficient (Wildman–Crippen LogP) is 2.76. The summed E-state index contributed by atoms with van der Waals surface area (Å²) in [5.41, 5.74) is 0.790. The zero-order valence-electron chi connectivity index (χ0n) is 14.6. The zero-order chi connectivity index (χ0) is 18.8. The maximum atomic E-state index is 12.5. The number of benzene rings is 2. The lowest BCUT2D eigenvalue weighted by Gasteiger charge is -2.26. The van der Waals surface area contributed by atoms with Gasteiger partial charge in [-0.05, 0) is 40.2 Å². The van der Waals surface area contributed by atoms with Crippen molar-refractivity contribution in [2.24, 2.45) is 5.92 Å². The molecule has 2 aromatic carbocycles. The maximum Gasteiger partial charge on any atom is 0.227 e. The van der Waals surface area contributed by atoms with Crippen molar-refractivity contribution in [3.8, 4) is 11.5 Å². The number of nitrogens with zero attached hydrogens (tertiary/aromatic N) is 1. The number of carbonyl (C=O) groups is 2. The van der Waals surface area contributed by atoms with Crippen molar-refractivity contribution >= 4 is 33.4 Å². The molecule has 2 aromatic rings. The number of nitrogens with one attached hydrogen (secondary N) is 1. The van der Waals surface area contributed by atoms with Crippen molar-refractivity contribution in [3.05, 3.63) is 53.0 Å². The summed E-state index contributed by atoms with van der Waals surface area (Å²) >= 11 is 3.46. The van der Waals surface area contributed by atoms with E-state index in [0.29, 0.717) is 31.2 Å². The Morgan fingerprint density at radius 1 is 1.15 bits per heavy atom. The Morgan fingerprint density at radius 2 is 1.89 bits per heavy atom. The first kappa shape index (κ1) is 17.9. The van der Waals surface area contributed by atoms with Crippen molar-refractivity contribution < 1.29 is 19.1 Å². The summed E-state index contributed by atoms with van der Waals surface area (Å²) in [6.45, 7) is 1.09. The first-order chi connectivity index (χ1) is 13.1. The van der Waals surface area contributed by atoms with Crippen LogP contribution in [0.5, 0.6) is 11.5 Å². The van der Waals surface area contributed by atoms with E-state index in [-0.39, 0.29) is 30.3 Å². The number of amides is 2. The molecule has 2 aliphatic heterocycles. The fraction of sp³-hybridized carbons (Fsp3) is 0.300. The molecule has 2 amide bonds. The van der Waals surface area contributed by atoms with E-state index in [2.05, 4.69) is 21.2 Å². The molecule has 0 aliphatic carbocycles. The van der Waals surface area contributed by atoms with Crippen LogP contribution in [0, 0.1) is 5.92 Å². The number of ether oxygens (including phenoxy) is 2. The van der Waals surface area contributed by atoms with Crippen LogP contribution in [0.1, 0.15) is 6.42 Å². The minimum Gasteiger partial charge on any atom is -0.486 e. The van der Waals surface area contributed by atoms with Gasteiger partial charge in [-0.15, -0.1) is 0 Å². The number of rotatable bonds is 4. The van der Waals surface area contributed by atoms with Crippen molar-refractivity contribution in [1.29, 1.82) is 0 Å². The molecule has 0 saturated carbocycles. The quantitative estimate of drug-likeness (QED) is 0.809. The molecule has 0 aromatic heterocycles. The average Bonchev–Trinajstić information content (AvgIpc) is 3.08. The van der Waals surface area contributed by atoms with Crippen molar-refractivity contribution in [2.45, 2.75) is 12.5 Å². The number of carbonyl (C=O) groups excluding carboxylic acids is 2. The van der Waals surface area contributed by atoms with Crippen LogP contribution in [0.2, 0.25) is 0 Å². The number of fused-ring (bicyclic) bond motifs is 1. The van der Waals surface area contributed by atoms with Gasteiger partial charge in [0.25, 0.3) is 0 Å². The third-order valence-corrected chi connectivity index (χ3v) is 5.38. The zero-order valence-corrected chi connectivity index (χ0v) is 16.1. The Hall–Kier alpha value is -2.54. The van der Waals surface area contributed by atoms with Gasteiger partial charge < -0.3 is 19.7 Å². The second-order valence-electron chi connectivity index (χ2n) is 6.60. The Kier molecular flexibility index (Phi) is 5.03. The van der Waals surface area contributed by atoms with Gasteiger partial charge in [0.2, 0.25) is 11.8 Å². The highest BCUT2D eigenvalue weighted by molar-refractivity contribution is 9.10. The van der Waals surface area contributed by atoms with Crippen LogP contribution in [-0.2, 0) is 9.59 Å². The summed E-state index contributed by atoms with van der Waals surface area (Å²) in [4.78, 5) is 26.6. The molecule has 2 aliphatic rings. The van der Waals surface area contributed by atoms with Crippen molar-refractivity contribution in [3.63, 3.8) is 0 Å². The lowest BCUT2D eigenvalue weighted by Crippen LogP contribution is -2.43. The van der Waals surface area contributed by atoms with E-state index in [9.17, 15) is 9.59 Å². The fourth-order valence-corrected chi connectivity index (χ4v) is 3.81. The van der Waals surface area contributed by atoms with Gasteiger partial charge in [-0.1, -0.05) is 24.3 Å². The van der Waals surface area contributed by atoms with Gasteiger partial charge >= 0.3 is 0 Å². The molecule has 0 spiro atoms. The highest BCUT2D eigenvalue weighted by Crippen LogP contribution is 2.32. The van der Waals surface area contributed by atoms with E-state index in [4.69, 9.17) is 9.47 Å². The predicted molar refractivity (Wildman–Crippen MR) is 104 cm³/mol. The Balaban J connectivity index is 1.33. The highest BCUT2D eigenvalue weighted by Gasteiger charge is 2.36. The Morgan fingerprint density at radius 3 is 2.70 bits per heavy atom. The second-order valence-corrected chi connectivity index (χ2v) is 7.45. The average molecular weight is 431 g/mol. The molecule has 4 rings (SSSR count). The molecule has 1 saturated heterocycles. The molecule has 2 heterocycles. The van der Waals surface area contributed by atoms with Crippen LogP contribution in [-0.4, -0.2) is 37.6 Å². The summed E-state index contributed by atoms with van der Waals surface area (Å²) in [6.07, 6.45) is -0.0433. The van der Waals surface area contributed by atoms with E-state index in [1.54, 1.807) is 4.90 Å². The molecule has 1 N–H and O–H groups in total. The topological polar surface area (TPSA) is 67.9 Å². The first-order valence-electron chi connectivity index (χ1n) is 8.83. The molecule has 140 valence electrons. The van der Waals surface area contributed by atoms with Gasteiger partial charge in [0.1, 0.15) is 12.7 Å². The lowest BCUT2D eigenvalue weighted by molar-refractivity contribution is -0.126. The number of hydrogen-bond acceptors (Lipinski definition) is 4. The summed E-state index contributed by atoms with van der Waals surface area (Å²) in [6, 6.07) is 15.0. The van der Waals surface area contributed by atoms with Gasteiger partial charge in [0.05, 0.1) is 18.2 Å². The van der Waals surface area contributed by atoms with Crippen LogP contribution in [0.4, 0.5) is 5.69 Å². The van der Waals surface area contributed by atoms with Crippen molar-refractivity contribution in [2.75, 3.05) is 24.6 Å². The van der Waals surface area contributed by atoms with Crippen LogP contribution >= 0.6 is 15.9 Å². The molecule has 0 bridgehead atoms. The molecular weight excluding hydrogens is 412 g/mol. The molecule has 7 heteroatoms.